The van der Waals surface area contributed by atoms with Gasteiger partial charge in [-0.1, -0.05) is 18.6 Å². The standard InChI is InChI=1S/C16H21O6P/c1-4-11-10(3)13-7-22-16(18)14(13)15(17)12(11)6-5-9(2)8-23(19,20)21/h5,17H,4,6-8H2,1-3H3,(H2,19,20,21)/b9-5+. The molecule has 0 bridgehead atoms. The van der Waals surface area contributed by atoms with Gasteiger partial charge in [0, 0.05) is 11.1 Å². The van der Waals surface area contributed by atoms with Crippen LogP contribution in [-0.2, 0) is 28.8 Å². The number of fused-ring (bicyclic) bond motifs is 1. The molecule has 2 rings (SSSR count). The van der Waals surface area contributed by atoms with Crippen molar-refractivity contribution in [3.63, 3.8) is 0 Å². The van der Waals surface area contributed by atoms with Gasteiger partial charge in [-0.25, -0.2) is 4.79 Å². The maximum absolute atomic E-state index is 11.8. The summed E-state index contributed by atoms with van der Waals surface area (Å²) in [5.41, 5.74) is 3.98. The Bertz CT molecular complexity index is 729. The first-order valence-electron chi connectivity index (χ1n) is 7.39. The van der Waals surface area contributed by atoms with E-state index in [1.165, 1.54) is 0 Å². The number of hydrogen-bond donors (Lipinski definition) is 3. The average Bonchev–Trinajstić information content (AvgIpc) is 2.81. The highest BCUT2D eigenvalue weighted by molar-refractivity contribution is 7.52. The monoisotopic (exact) mass is 340 g/mol. The van der Waals surface area contributed by atoms with E-state index in [9.17, 15) is 14.5 Å². The van der Waals surface area contributed by atoms with E-state index in [4.69, 9.17) is 14.5 Å². The highest BCUT2D eigenvalue weighted by Gasteiger charge is 2.30. The molecule has 1 heterocycles. The molecule has 0 unspecified atom stereocenters. The van der Waals surface area contributed by atoms with E-state index in [-0.39, 0.29) is 24.1 Å². The largest absolute Gasteiger partial charge is 0.507 e. The Morgan fingerprint density at radius 1 is 1.35 bits per heavy atom. The Labute approximate surface area is 135 Å². The maximum atomic E-state index is 11.8. The third-order valence-electron chi connectivity index (χ3n) is 4.11. The molecule has 1 aromatic rings. The van der Waals surface area contributed by atoms with E-state index in [1.807, 2.05) is 13.8 Å². The van der Waals surface area contributed by atoms with Gasteiger partial charge in [-0.15, -0.1) is 0 Å². The topological polar surface area (TPSA) is 104 Å². The molecule has 1 aliphatic rings. The van der Waals surface area contributed by atoms with Crippen molar-refractivity contribution in [1.82, 2.24) is 0 Å². The number of carbonyl (C=O) groups excluding carboxylic acids is 1. The number of esters is 1. The smallest absolute Gasteiger partial charge is 0.342 e. The summed E-state index contributed by atoms with van der Waals surface area (Å²) in [4.78, 5) is 29.8. The summed E-state index contributed by atoms with van der Waals surface area (Å²) in [5, 5.41) is 10.5. The van der Waals surface area contributed by atoms with Crippen LogP contribution in [-0.4, -0.2) is 27.0 Å². The zero-order valence-electron chi connectivity index (χ0n) is 13.4. The van der Waals surface area contributed by atoms with E-state index < -0.39 is 13.6 Å². The van der Waals surface area contributed by atoms with Gasteiger partial charge in [-0.05, 0) is 37.8 Å². The molecular weight excluding hydrogens is 319 g/mol. The van der Waals surface area contributed by atoms with Crippen LogP contribution in [0.3, 0.4) is 0 Å². The van der Waals surface area contributed by atoms with Crippen molar-refractivity contribution in [2.75, 3.05) is 6.16 Å². The van der Waals surface area contributed by atoms with E-state index in [2.05, 4.69) is 0 Å². The molecule has 0 saturated carbocycles. The predicted molar refractivity (Wildman–Crippen MR) is 85.7 cm³/mol. The number of carbonyl (C=O) groups is 1. The number of rotatable bonds is 5. The lowest BCUT2D eigenvalue weighted by molar-refractivity contribution is 0.0533. The average molecular weight is 340 g/mol. The fraction of sp³-hybridized carbons (Fsp3) is 0.438. The van der Waals surface area contributed by atoms with Gasteiger partial charge in [0.2, 0.25) is 0 Å². The van der Waals surface area contributed by atoms with Crippen LogP contribution >= 0.6 is 7.60 Å². The summed E-state index contributed by atoms with van der Waals surface area (Å²) in [6.07, 6.45) is 2.35. The summed E-state index contributed by atoms with van der Waals surface area (Å²) in [5.74, 6) is -0.606. The van der Waals surface area contributed by atoms with Gasteiger partial charge < -0.3 is 19.6 Å². The minimum atomic E-state index is -4.11. The first-order valence-corrected chi connectivity index (χ1v) is 9.19. The van der Waals surface area contributed by atoms with Gasteiger partial charge in [-0.2, -0.15) is 0 Å². The molecule has 6 nitrogen and oxygen atoms in total. The van der Waals surface area contributed by atoms with Crippen LogP contribution in [0.4, 0.5) is 0 Å². The van der Waals surface area contributed by atoms with Crippen molar-refractivity contribution in [2.24, 2.45) is 0 Å². The van der Waals surface area contributed by atoms with Gasteiger partial charge in [0.15, 0.2) is 0 Å². The lowest BCUT2D eigenvalue weighted by Gasteiger charge is -2.16. The molecule has 23 heavy (non-hydrogen) atoms. The minimum Gasteiger partial charge on any atom is -0.507 e. The highest BCUT2D eigenvalue weighted by Crippen LogP contribution is 2.39. The molecule has 1 aliphatic heterocycles. The van der Waals surface area contributed by atoms with Crippen molar-refractivity contribution in [1.29, 1.82) is 0 Å². The molecule has 1 aromatic carbocycles. The van der Waals surface area contributed by atoms with Crippen molar-refractivity contribution < 1.29 is 29.0 Å². The fourth-order valence-corrected chi connectivity index (χ4v) is 3.79. The first kappa shape index (κ1) is 17.7. The SMILES string of the molecule is CCc1c(C)c2c(c(O)c1C/C=C(\C)CP(=O)(O)O)C(=O)OC2. The second-order valence-corrected chi connectivity index (χ2v) is 7.44. The third kappa shape index (κ3) is 3.66. The summed E-state index contributed by atoms with van der Waals surface area (Å²) < 4.78 is 16.1. The molecule has 0 atom stereocenters. The number of hydrogen-bond acceptors (Lipinski definition) is 4. The van der Waals surface area contributed by atoms with Crippen molar-refractivity contribution in [3.8, 4) is 5.75 Å². The Balaban J connectivity index is 2.45. The third-order valence-corrected chi connectivity index (χ3v) is 5.02. The number of allylic oxidation sites excluding steroid dienone is 2. The van der Waals surface area contributed by atoms with E-state index in [0.717, 1.165) is 16.7 Å². The molecule has 0 aliphatic carbocycles. The second-order valence-electron chi connectivity index (χ2n) is 5.79. The predicted octanol–water partition coefficient (Wildman–Crippen LogP) is 2.60. The van der Waals surface area contributed by atoms with Gasteiger partial charge in [0.25, 0.3) is 0 Å². The van der Waals surface area contributed by atoms with E-state index >= 15 is 0 Å². The van der Waals surface area contributed by atoms with Crippen LogP contribution in [0.1, 0.15) is 46.5 Å². The van der Waals surface area contributed by atoms with Gasteiger partial charge in [0.05, 0.1) is 6.16 Å². The zero-order chi connectivity index (χ0) is 17.4. The molecule has 0 radical (unpaired) electrons. The zero-order valence-corrected chi connectivity index (χ0v) is 14.3. The molecule has 126 valence electrons. The Kier molecular flexibility index (Phi) is 4.99. The lowest BCUT2D eigenvalue weighted by Crippen LogP contribution is -2.04. The second kappa shape index (κ2) is 6.48. The lowest BCUT2D eigenvalue weighted by atomic mass is 9.89. The summed E-state index contributed by atoms with van der Waals surface area (Å²) in [6, 6.07) is 0. The summed E-state index contributed by atoms with van der Waals surface area (Å²) in [7, 11) is -4.11. The normalized spacial score (nSPS) is 14.8. The van der Waals surface area contributed by atoms with Crippen LogP contribution in [0.15, 0.2) is 11.6 Å². The molecule has 0 amide bonds. The Morgan fingerprint density at radius 2 is 2.00 bits per heavy atom. The number of cyclic esters (lactones) is 1. The molecule has 0 spiro atoms. The summed E-state index contributed by atoms with van der Waals surface area (Å²) >= 11 is 0. The van der Waals surface area contributed by atoms with Crippen LogP contribution < -0.4 is 0 Å². The number of benzene rings is 1. The molecule has 0 saturated heterocycles. The Morgan fingerprint density at radius 3 is 2.57 bits per heavy atom. The fourth-order valence-electron chi connectivity index (χ4n) is 3.01. The first-order chi connectivity index (χ1) is 10.7. The van der Waals surface area contributed by atoms with Gasteiger partial charge >= 0.3 is 13.6 Å². The van der Waals surface area contributed by atoms with Crippen LogP contribution in [0.25, 0.3) is 0 Å². The maximum Gasteiger partial charge on any atom is 0.342 e. The molecular formula is C16H21O6P. The van der Waals surface area contributed by atoms with Crippen molar-refractivity contribution >= 4 is 13.6 Å². The summed E-state index contributed by atoms with van der Waals surface area (Å²) in [6.45, 7) is 5.67. The van der Waals surface area contributed by atoms with Crippen molar-refractivity contribution in [3.05, 3.63) is 39.5 Å². The molecule has 7 heteroatoms. The van der Waals surface area contributed by atoms with Crippen molar-refractivity contribution in [2.45, 2.75) is 40.2 Å². The number of ether oxygens (including phenoxy) is 1. The van der Waals surface area contributed by atoms with E-state index in [1.54, 1.807) is 13.0 Å². The Hall–Kier alpha value is -1.62. The minimum absolute atomic E-state index is 0.0785. The molecule has 0 aromatic heterocycles. The highest BCUT2D eigenvalue weighted by atomic mass is 31.2. The molecule has 3 N–H and O–H groups in total. The van der Waals surface area contributed by atoms with Gasteiger partial charge in [0.1, 0.15) is 17.9 Å². The molecule has 0 fully saturated rings. The number of phenolic OH excluding ortho intramolecular Hbond substituents is 1. The van der Waals surface area contributed by atoms with Crippen LogP contribution in [0, 0.1) is 6.92 Å². The number of phenols is 1. The van der Waals surface area contributed by atoms with Crippen LogP contribution in [0.5, 0.6) is 5.75 Å². The quantitative estimate of drug-likeness (QED) is 0.432. The van der Waals surface area contributed by atoms with E-state index in [0.29, 0.717) is 24.0 Å². The van der Waals surface area contributed by atoms with Crippen LogP contribution in [0.2, 0.25) is 0 Å². The number of aromatic hydroxyl groups is 1. The van der Waals surface area contributed by atoms with Gasteiger partial charge in [-0.3, -0.25) is 4.57 Å².